The molecule has 1 N–H and O–H groups in total. The summed E-state index contributed by atoms with van der Waals surface area (Å²) >= 11 is 3.37. The predicted molar refractivity (Wildman–Crippen MR) is 59.8 cm³/mol. The fraction of sp³-hybridized carbons (Fsp3) is 0.200. The topological polar surface area (TPSA) is 55.0 Å². The Labute approximate surface area is 94.8 Å². The van der Waals surface area contributed by atoms with Gasteiger partial charge in [-0.2, -0.15) is 0 Å². The summed E-state index contributed by atoms with van der Waals surface area (Å²) in [4.78, 5) is 18.4. The van der Waals surface area contributed by atoms with Crippen LogP contribution in [0.4, 0.5) is 0 Å². The highest BCUT2D eigenvalue weighted by Crippen LogP contribution is 2.22. The van der Waals surface area contributed by atoms with Crippen molar-refractivity contribution in [3.05, 3.63) is 28.6 Å². The van der Waals surface area contributed by atoms with Crippen molar-refractivity contribution in [3.63, 3.8) is 0 Å². The molecule has 0 aliphatic heterocycles. The zero-order valence-electron chi connectivity index (χ0n) is 8.08. The molecule has 0 bridgehead atoms. The Morgan fingerprint density at radius 2 is 2.47 bits per heavy atom. The van der Waals surface area contributed by atoms with E-state index in [2.05, 4.69) is 25.9 Å². The second kappa shape index (κ2) is 4.02. The maximum atomic E-state index is 11.4. The summed E-state index contributed by atoms with van der Waals surface area (Å²) in [7, 11) is 0. The highest BCUT2D eigenvalue weighted by Gasteiger charge is 2.10. The van der Waals surface area contributed by atoms with Crippen LogP contribution in [0.15, 0.2) is 22.9 Å². The molecule has 2 aromatic rings. The third-order valence-electron chi connectivity index (χ3n) is 2.00. The summed E-state index contributed by atoms with van der Waals surface area (Å²) in [6, 6.07) is 1.68. The number of ether oxygens (including phenoxy) is 1. The molecule has 0 aliphatic carbocycles. The first-order valence-electron chi connectivity index (χ1n) is 4.52. The molecule has 0 aromatic carbocycles. The number of fused-ring (bicyclic) bond motifs is 1. The van der Waals surface area contributed by atoms with Gasteiger partial charge in [-0.05, 0) is 28.9 Å². The number of H-pyrrole nitrogens is 1. The quantitative estimate of drug-likeness (QED) is 0.852. The van der Waals surface area contributed by atoms with Crippen molar-refractivity contribution in [2.75, 3.05) is 6.61 Å². The summed E-state index contributed by atoms with van der Waals surface area (Å²) in [6.07, 6.45) is 3.45. The number of aromatic amines is 1. The van der Waals surface area contributed by atoms with Crippen LogP contribution >= 0.6 is 15.9 Å². The van der Waals surface area contributed by atoms with Crippen LogP contribution in [0.2, 0.25) is 0 Å². The van der Waals surface area contributed by atoms with Crippen LogP contribution in [0, 0.1) is 0 Å². The van der Waals surface area contributed by atoms with E-state index >= 15 is 0 Å². The number of hydrogen-bond acceptors (Lipinski definition) is 3. The molecule has 0 radical (unpaired) electrons. The molecule has 0 atom stereocenters. The molecule has 0 saturated heterocycles. The van der Waals surface area contributed by atoms with E-state index in [1.807, 2.05) is 0 Å². The van der Waals surface area contributed by atoms with Crippen LogP contribution in [0.1, 0.15) is 17.4 Å². The Kier molecular flexibility index (Phi) is 2.73. The Balaban J connectivity index is 2.43. The lowest BCUT2D eigenvalue weighted by molar-refractivity contribution is 0.0519. The summed E-state index contributed by atoms with van der Waals surface area (Å²) in [5, 5.41) is 0.947. The van der Waals surface area contributed by atoms with E-state index in [-0.39, 0.29) is 0 Å². The van der Waals surface area contributed by atoms with Gasteiger partial charge in [0.2, 0.25) is 0 Å². The van der Waals surface area contributed by atoms with Crippen LogP contribution in [0.3, 0.4) is 0 Å². The van der Waals surface area contributed by atoms with Crippen molar-refractivity contribution in [1.82, 2.24) is 9.97 Å². The number of nitrogens with zero attached hydrogens (tertiary/aromatic N) is 1. The van der Waals surface area contributed by atoms with Crippen LogP contribution in [-0.4, -0.2) is 22.5 Å². The van der Waals surface area contributed by atoms with Gasteiger partial charge >= 0.3 is 5.97 Å². The fourth-order valence-corrected chi connectivity index (χ4v) is 1.73. The number of esters is 1. The number of nitrogens with one attached hydrogen (secondary N) is 1. The minimum Gasteiger partial charge on any atom is -0.461 e. The van der Waals surface area contributed by atoms with E-state index in [0.29, 0.717) is 12.3 Å². The maximum Gasteiger partial charge on any atom is 0.356 e. The van der Waals surface area contributed by atoms with Crippen molar-refractivity contribution in [1.29, 1.82) is 0 Å². The third kappa shape index (κ3) is 1.87. The molecule has 5 heteroatoms. The molecular weight excluding hydrogens is 260 g/mol. The number of carbonyl (C=O) groups is 1. The van der Waals surface area contributed by atoms with Crippen LogP contribution < -0.4 is 0 Å². The maximum absolute atomic E-state index is 11.4. The van der Waals surface area contributed by atoms with E-state index in [0.717, 1.165) is 15.4 Å². The summed E-state index contributed by atoms with van der Waals surface area (Å²) in [6.45, 7) is 2.12. The van der Waals surface area contributed by atoms with E-state index in [1.165, 1.54) is 0 Å². The lowest BCUT2D eigenvalue weighted by Gasteiger charge is -2.00. The smallest absolute Gasteiger partial charge is 0.356 e. The van der Waals surface area contributed by atoms with Gasteiger partial charge in [0.1, 0.15) is 5.69 Å². The number of carbonyl (C=O) groups excluding carboxylic acids is 1. The molecule has 2 rings (SSSR count). The second-order valence-corrected chi connectivity index (χ2v) is 3.83. The van der Waals surface area contributed by atoms with Crippen LogP contribution in [0.25, 0.3) is 10.9 Å². The molecule has 0 fully saturated rings. The Morgan fingerprint density at radius 1 is 1.67 bits per heavy atom. The fourth-order valence-electron chi connectivity index (χ4n) is 1.30. The van der Waals surface area contributed by atoms with Crippen molar-refractivity contribution >= 4 is 32.8 Å². The SMILES string of the molecule is CCOC(=O)c1cc2[nH]cc(Br)c2cn1. The molecule has 2 aromatic heterocycles. The Morgan fingerprint density at radius 3 is 3.20 bits per heavy atom. The highest BCUT2D eigenvalue weighted by atomic mass is 79.9. The molecule has 0 spiro atoms. The van der Waals surface area contributed by atoms with Crippen LogP contribution in [0.5, 0.6) is 0 Å². The van der Waals surface area contributed by atoms with Gasteiger partial charge < -0.3 is 9.72 Å². The molecule has 0 unspecified atom stereocenters. The molecule has 15 heavy (non-hydrogen) atoms. The Bertz CT molecular complexity index is 507. The Hall–Kier alpha value is -1.36. The highest BCUT2D eigenvalue weighted by molar-refractivity contribution is 9.10. The van der Waals surface area contributed by atoms with Gasteiger partial charge in [-0.1, -0.05) is 0 Å². The van der Waals surface area contributed by atoms with Gasteiger partial charge in [0, 0.05) is 22.3 Å². The number of pyridine rings is 1. The molecular formula is C10H9BrN2O2. The van der Waals surface area contributed by atoms with E-state index < -0.39 is 5.97 Å². The molecule has 78 valence electrons. The van der Waals surface area contributed by atoms with Gasteiger partial charge in [-0.25, -0.2) is 9.78 Å². The summed E-state index contributed by atoms with van der Waals surface area (Å²) in [5.41, 5.74) is 1.18. The first-order chi connectivity index (χ1) is 7.22. The second-order valence-electron chi connectivity index (χ2n) is 2.97. The standard InChI is InChI=1S/C10H9BrN2O2/c1-2-15-10(14)9-3-8-6(4-12-9)7(11)5-13-8/h3-5,13H,2H2,1H3. The third-order valence-corrected chi connectivity index (χ3v) is 2.66. The molecule has 0 amide bonds. The normalized spacial score (nSPS) is 10.5. The predicted octanol–water partition coefficient (Wildman–Crippen LogP) is 2.50. The van der Waals surface area contributed by atoms with Crippen molar-refractivity contribution in [2.45, 2.75) is 6.92 Å². The van der Waals surface area contributed by atoms with E-state index in [9.17, 15) is 4.79 Å². The summed E-state index contributed by atoms with van der Waals surface area (Å²) < 4.78 is 5.79. The van der Waals surface area contributed by atoms with Gasteiger partial charge in [0.25, 0.3) is 0 Å². The van der Waals surface area contributed by atoms with Gasteiger partial charge in [-0.15, -0.1) is 0 Å². The average Bonchev–Trinajstić information content (AvgIpc) is 2.60. The first-order valence-corrected chi connectivity index (χ1v) is 5.31. The van der Waals surface area contributed by atoms with Crippen molar-refractivity contribution in [2.24, 2.45) is 0 Å². The zero-order chi connectivity index (χ0) is 10.8. The minimum atomic E-state index is -0.398. The number of hydrogen-bond donors (Lipinski definition) is 1. The van der Waals surface area contributed by atoms with E-state index in [1.54, 1.807) is 25.4 Å². The number of aromatic nitrogens is 2. The van der Waals surface area contributed by atoms with E-state index in [4.69, 9.17) is 4.74 Å². The van der Waals surface area contributed by atoms with Gasteiger partial charge in [0.15, 0.2) is 0 Å². The van der Waals surface area contributed by atoms with Crippen molar-refractivity contribution < 1.29 is 9.53 Å². The largest absolute Gasteiger partial charge is 0.461 e. The number of halogens is 1. The minimum absolute atomic E-state index is 0.318. The van der Waals surface area contributed by atoms with Crippen molar-refractivity contribution in [3.8, 4) is 0 Å². The van der Waals surface area contributed by atoms with Gasteiger partial charge in [0.05, 0.1) is 12.1 Å². The monoisotopic (exact) mass is 268 g/mol. The molecule has 2 heterocycles. The summed E-state index contributed by atoms with van der Waals surface area (Å²) in [5.74, 6) is -0.398. The van der Waals surface area contributed by atoms with Gasteiger partial charge in [-0.3, -0.25) is 0 Å². The molecule has 0 saturated carbocycles. The molecule has 4 nitrogen and oxygen atoms in total. The first kappa shape index (κ1) is 10.2. The number of rotatable bonds is 2. The molecule has 0 aliphatic rings. The zero-order valence-corrected chi connectivity index (χ0v) is 9.67. The lowest BCUT2D eigenvalue weighted by atomic mass is 10.3. The van der Waals surface area contributed by atoms with Crippen LogP contribution in [-0.2, 0) is 4.74 Å². The average molecular weight is 269 g/mol. The lowest BCUT2D eigenvalue weighted by Crippen LogP contribution is -2.06.